The molecule has 0 saturated heterocycles. The summed E-state index contributed by atoms with van der Waals surface area (Å²) in [7, 11) is 0. The Balaban J connectivity index is 2.23. The number of hydrogen-bond donors (Lipinski definition) is 1. The van der Waals surface area contributed by atoms with E-state index in [0.29, 0.717) is 24.6 Å². The Morgan fingerprint density at radius 1 is 1.06 bits per heavy atom. The van der Waals surface area contributed by atoms with E-state index in [1.165, 1.54) is 5.56 Å². The zero-order valence-corrected chi connectivity index (χ0v) is 22.2. The molecule has 5 nitrogen and oxygen atoms in total. The number of aryl methyl sites for hydroxylation is 1. The molecule has 180 valence electrons. The first-order valence-corrected chi connectivity index (χ1v) is 12.5. The molecular weight excluding hydrogens is 480 g/mol. The summed E-state index contributed by atoms with van der Waals surface area (Å²) in [6.07, 6.45) is 1.35. The number of nitrogens with one attached hydrogen (secondary N) is 1. The van der Waals surface area contributed by atoms with Crippen LogP contribution in [-0.2, 0) is 16.1 Å². The van der Waals surface area contributed by atoms with Gasteiger partial charge in [-0.05, 0) is 71.8 Å². The molecule has 6 heteroatoms. The molecule has 0 radical (unpaired) electrons. The average Bonchev–Trinajstić information content (AvgIpc) is 2.77. The van der Waals surface area contributed by atoms with Crippen LogP contribution >= 0.6 is 15.9 Å². The summed E-state index contributed by atoms with van der Waals surface area (Å²) in [6, 6.07) is 13.4. The van der Waals surface area contributed by atoms with Gasteiger partial charge >= 0.3 is 0 Å². The molecule has 0 bridgehead atoms. The van der Waals surface area contributed by atoms with Gasteiger partial charge in [-0.3, -0.25) is 9.59 Å². The largest absolute Gasteiger partial charge is 0.483 e. The Labute approximate surface area is 207 Å². The molecule has 2 aromatic rings. The average molecular weight is 518 g/mol. The first kappa shape index (κ1) is 26.9. The van der Waals surface area contributed by atoms with Crippen LogP contribution in [0.3, 0.4) is 0 Å². The zero-order chi connectivity index (χ0) is 24.5. The van der Waals surface area contributed by atoms with Crippen LogP contribution in [-0.4, -0.2) is 35.4 Å². The highest BCUT2D eigenvalue weighted by Gasteiger charge is 2.29. The molecule has 0 aliphatic heterocycles. The van der Waals surface area contributed by atoms with Crippen molar-refractivity contribution in [1.82, 2.24) is 10.2 Å². The van der Waals surface area contributed by atoms with Crippen LogP contribution in [0.4, 0.5) is 0 Å². The number of rotatable bonds is 11. The van der Waals surface area contributed by atoms with Gasteiger partial charge in [0.15, 0.2) is 6.61 Å². The van der Waals surface area contributed by atoms with E-state index in [0.717, 1.165) is 22.0 Å². The molecule has 0 unspecified atom stereocenters. The summed E-state index contributed by atoms with van der Waals surface area (Å²) < 4.78 is 6.70. The molecule has 0 heterocycles. The van der Waals surface area contributed by atoms with Crippen LogP contribution < -0.4 is 10.1 Å². The number of amides is 2. The van der Waals surface area contributed by atoms with Crippen molar-refractivity contribution in [3.05, 3.63) is 63.6 Å². The molecule has 0 aliphatic rings. The van der Waals surface area contributed by atoms with Crippen molar-refractivity contribution >= 4 is 27.7 Å². The third-order valence-corrected chi connectivity index (χ3v) is 6.42. The lowest BCUT2D eigenvalue weighted by Gasteiger charge is -2.31. The molecule has 33 heavy (non-hydrogen) atoms. The lowest BCUT2D eigenvalue weighted by molar-refractivity contribution is -0.143. The number of ether oxygens (including phenoxy) is 1. The van der Waals surface area contributed by atoms with Crippen LogP contribution in [0.15, 0.2) is 46.9 Å². The summed E-state index contributed by atoms with van der Waals surface area (Å²) in [6.45, 7) is 12.4. The number of hydrogen-bond acceptors (Lipinski definition) is 3. The lowest BCUT2D eigenvalue weighted by atomic mass is 10.0. The van der Waals surface area contributed by atoms with Gasteiger partial charge in [-0.1, -0.05) is 63.6 Å². The monoisotopic (exact) mass is 516 g/mol. The zero-order valence-electron chi connectivity index (χ0n) is 20.7. The number of benzene rings is 2. The van der Waals surface area contributed by atoms with E-state index in [1.807, 2.05) is 70.2 Å². The van der Waals surface area contributed by atoms with Crippen LogP contribution in [0, 0.1) is 6.92 Å². The Morgan fingerprint density at radius 3 is 2.36 bits per heavy atom. The number of nitrogens with zero attached hydrogens (tertiary/aromatic N) is 1. The maximum Gasteiger partial charge on any atom is 0.261 e. The Kier molecular flexibility index (Phi) is 10.4. The lowest BCUT2D eigenvalue weighted by Crippen LogP contribution is -2.51. The molecule has 0 saturated carbocycles. The van der Waals surface area contributed by atoms with E-state index in [-0.39, 0.29) is 24.5 Å². The normalized spacial score (nSPS) is 12.8. The fourth-order valence-corrected chi connectivity index (χ4v) is 4.09. The molecule has 2 atom stereocenters. The third kappa shape index (κ3) is 7.88. The minimum atomic E-state index is -0.567. The Bertz CT molecular complexity index is 945. The van der Waals surface area contributed by atoms with Gasteiger partial charge in [0, 0.05) is 12.6 Å². The minimum Gasteiger partial charge on any atom is -0.483 e. The molecule has 2 rings (SSSR count). The van der Waals surface area contributed by atoms with Crippen molar-refractivity contribution in [3.8, 4) is 5.75 Å². The second-order valence-electron chi connectivity index (χ2n) is 8.89. The van der Waals surface area contributed by atoms with Crippen molar-refractivity contribution in [1.29, 1.82) is 0 Å². The number of halogens is 1. The molecule has 0 aliphatic carbocycles. The Hall–Kier alpha value is -2.34. The van der Waals surface area contributed by atoms with Gasteiger partial charge in [0.25, 0.3) is 5.91 Å². The van der Waals surface area contributed by atoms with Gasteiger partial charge in [0.05, 0.1) is 4.47 Å². The molecule has 2 amide bonds. The van der Waals surface area contributed by atoms with Gasteiger partial charge in [-0.2, -0.15) is 0 Å². The SMILES string of the molecule is CC[C@H](C)NC(=O)[C@H](CC)N(Cc1cccc(C)c1)C(=O)COc1ccc(C(C)C)cc1Br. The van der Waals surface area contributed by atoms with Crippen molar-refractivity contribution < 1.29 is 14.3 Å². The van der Waals surface area contributed by atoms with E-state index < -0.39 is 6.04 Å². The predicted octanol–water partition coefficient (Wildman–Crippen LogP) is 5.98. The van der Waals surface area contributed by atoms with Crippen LogP contribution in [0.25, 0.3) is 0 Å². The van der Waals surface area contributed by atoms with Gasteiger partial charge in [0.2, 0.25) is 5.91 Å². The summed E-state index contributed by atoms with van der Waals surface area (Å²) in [4.78, 5) is 28.0. The van der Waals surface area contributed by atoms with E-state index in [1.54, 1.807) is 4.90 Å². The fraction of sp³-hybridized carbons (Fsp3) is 0.481. The Morgan fingerprint density at radius 2 is 1.79 bits per heavy atom. The summed E-state index contributed by atoms with van der Waals surface area (Å²) >= 11 is 3.55. The molecule has 0 fully saturated rings. The maximum absolute atomic E-state index is 13.4. The van der Waals surface area contributed by atoms with Gasteiger partial charge in [0.1, 0.15) is 11.8 Å². The highest BCUT2D eigenvalue weighted by Crippen LogP contribution is 2.29. The molecule has 0 aromatic heterocycles. The standard InChI is InChI=1S/C27H37BrN2O3/c1-7-20(6)29-27(32)24(8-2)30(16-21-11-9-10-19(5)14-21)26(31)17-33-25-13-12-22(18(3)4)15-23(25)28/h9-15,18,20,24H,7-8,16-17H2,1-6H3,(H,29,32)/t20-,24-/m0/s1. The van der Waals surface area contributed by atoms with Crippen molar-refractivity contribution in [2.45, 2.75) is 78.9 Å². The first-order valence-electron chi connectivity index (χ1n) is 11.7. The second-order valence-corrected chi connectivity index (χ2v) is 9.74. The number of carbonyl (C=O) groups excluding carboxylic acids is 2. The van der Waals surface area contributed by atoms with E-state index in [2.05, 4.69) is 35.1 Å². The highest BCUT2D eigenvalue weighted by atomic mass is 79.9. The minimum absolute atomic E-state index is 0.0501. The maximum atomic E-state index is 13.4. The quantitative estimate of drug-likeness (QED) is 0.399. The van der Waals surface area contributed by atoms with Gasteiger partial charge in [-0.15, -0.1) is 0 Å². The van der Waals surface area contributed by atoms with Gasteiger partial charge < -0.3 is 15.0 Å². The predicted molar refractivity (Wildman–Crippen MR) is 137 cm³/mol. The van der Waals surface area contributed by atoms with E-state index in [9.17, 15) is 9.59 Å². The van der Waals surface area contributed by atoms with Crippen LogP contribution in [0.2, 0.25) is 0 Å². The summed E-state index contributed by atoms with van der Waals surface area (Å²) in [5.41, 5.74) is 3.29. The summed E-state index contributed by atoms with van der Waals surface area (Å²) in [5.74, 6) is 0.661. The fourth-order valence-electron chi connectivity index (χ4n) is 3.58. The van der Waals surface area contributed by atoms with Crippen molar-refractivity contribution in [2.75, 3.05) is 6.61 Å². The van der Waals surface area contributed by atoms with E-state index >= 15 is 0 Å². The molecule has 0 spiro atoms. The smallest absolute Gasteiger partial charge is 0.261 e. The van der Waals surface area contributed by atoms with Crippen molar-refractivity contribution in [3.63, 3.8) is 0 Å². The third-order valence-electron chi connectivity index (χ3n) is 5.80. The van der Waals surface area contributed by atoms with Crippen LogP contribution in [0.1, 0.15) is 70.1 Å². The topological polar surface area (TPSA) is 58.6 Å². The van der Waals surface area contributed by atoms with Gasteiger partial charge in [-0.25, -0.2) is 0 Å². The highest BCUT2D eigenvalue weighted by molar-refractivity contribution is 9.10. The van der Waals surface area contributed by atoms with Crippen LogP contribution in [0.5, 0.6) is 5.75 Å². The summed E-state index contributed by atoms with van der Waals surface area (Å²) in [5, 5.41) is 3.03. The molecule has 2 aromatic carbocycles. The first-order chi connectivity index (χ1) is 15.7. The van der Waals surface area contributed by atoms with Crippen molar-refractivity contribution in [2.24, 2.45) is 0 Å². The van der Waals surface area contributed by atoms with E-state index in [4.69, 9.17) is 4.74 Å². The number of carbonyl (C=O) groups is 2. The molecular formula is C27H37BrN2O3. The second kappa shape index (κ2) is 12.8. The molecule has 1 N–H and O–H groups in total.